The van der Waals surface area contributed by atoms with Gasteiger partial charge in [0.15, 0.2) is 0 Å². The minimum absolute atomic E-state index is 0.776. The van der Waals surface area contributed by atoms with Crippen molar-refractivity contribution in [3.63, 3.8) is 0 Å². The Bertz CT molecular complexity index is 417. The van der Waals surface area contributed by atoms with Crippen molar-refractivity contribution in [1.82, 2.24) is 9.80 Å². The summed E-state index contributed by atoms with van der Waals surface area (Å²) in [6.45, 7) is 4.74. The molecule has 1 saturated heterocycles. The lowest BCUT2D eigenvalue weighted by atomic mass is 9.75. The van der Waals surface area contributed by atoms with Crippen molar-refractivity contribution >= 4 is 0 Å². The predicted molar refractivity (Wildman–Crippen MR) is 80.6 cm³/mol. The molecule has 0 bridgehead atoms. The van der Waals surface area contributed by atoms with E-state index < -0.39 is 0 Å². The maximum atomic E-state index is 2.72. The van der Waals surface area contributed by atoms with Crippen LogP contribution in [0.25, 0.3) is 0 Å². The number of aryl methyl sites for hydroxylation is 1. The molecule has 0 aromatic heterocycles. The zero-order valence-electron chi connectivity index (χ0n) is 12.5. The van der Waals surface area contributed by atoms with E-state index >= 15 is 0 Å². The first-order chi connectivity index (χ1) is 9.13. The highest BCUT2D eigenvalue weighted by Gasteiger charge is 2.37. The van der Waals surface area contributed by atoms with E-state index in [0.717, 1.165) is 18.0 Å². The smallest absolute Gasteiger partial charge is 0.0229 e. The summed E-state index contributed by atoms with van der Waals surface area (Å²) in [7, 11) is 4.42. The highest BCUT2D eigenvalue weighted by Crippen LogP contribution is 2.41. The number of hydrogen-bond acceptors (Lipinski definition) is 2. The van der Waals surface area contributed by atoms with Gasteiger partial charge < -0.3 is 4.90 Å². The van der Waals surface area contributed by atoms with E-state index in [4.69, 9.17) is 0 Å². The molecule has 2 fully saturated rings. The normalized spacial score (nSPS) is 31.7. The van der Waals surface area contributed by atoms with Gasteiger partial charge in [-0.15, -0.1) is 0 Å². The summed E-state index contributed by atoms with van der Waals surface area (Å²) >= 11 is 0. The van der Waals surface area contributed by atoms with Gasteiger partial charge in [0.05, 0.1) is 0 Å². The molecule has 2 heteroatoms. The van der Waals surface area contributed by atoms with Gasteiger partial charge in [-0.2, -0.15) is 0 Å². The Balaban J connectivity index is 1.52. The average molecular weight is 258 g/mol. The average Bonchev–Trinajstić information content (AvgIpc) is 2.79. The molecule has 1 aliphatic heterocycles. The van der Waals surface area contributed by atoms with E-state index in [0.29, 0.717) is 0 Å². The third kappa shape index (κ3) is 2.70. The lowest BCUT2D eigenvalue weighted by Crippen LogP contribution is -2.44. The first-order valence-corrected chi connectivity index (χ1v) is 7.60. The molecule has 19 heavy (non-hydrogen) atoms. The monoisotopic (exact) mass is 258 g/mol. The van der Waals surface area contributed by atoms with Crippen molar-refractivity contribution in [1.29, 1.82) is 0 Å². The molecular weight excluding hydrogens is 232 g/mol. The molecule has 0 unspecified atom stereocenters. The Morgan fingerprint density at radius 2 is 1.79 bits per heavy atom. The Kier molecular flexibility index (Phi) is 3.64. The van der Waals surface area contributed by atoms with Crippen molar-refractivity contribution in [3.05, 3.63) is 35.4 Å². The van der Waals surface area contributed by atoms with Gasteiger partial charge in [-0.3, -0.25) is 4.90 Å². The summed E-state index contributed by atoms with van der Waals surface area (Å²) < 4.78 is 0. The van der Waals surface area contributed by atoms with Gasteiger partial charge in [0.25, 0.3) is 0 Å². The van der Waals surface area contributed by atoms with Crippen molar-refractivity contribution < 1.29 is 0 Å². The second-order valence-electron chi connectivity index (χ2n) is 6.63. The van der Waals surface area contributed by atoms with Gasteiger partial charge in [-0.05, 0) is 51.8 Å². The topological polar surface area (TPSA) is 6.48 Å². The molecule has 1 aliphatic carbocycles. The molecule has 0 radical (unpaired) electrons. The van der Waals surface area contributed by atoms with Crippen LogP contribution in [0, 0.1) is 6.92 Å². The molecule has 1 heterocycles. The highest BCUT2D eigenvalue weighted by atomic mass is 15.3. The van der Waals surface area contributed by atoms with Crippen LogP contribution in [0.3, 0.4) is 0 Å². The molecule has 0 amide bonds. The van der Waals surface area contributed by atoms with Gasteiger partial charge >= 0.3 is 0 Å². The van der Waals surface area contributed by atoms with E-state index in [1.54, 1.807) is 5.56 Å². The van der Waals surface area contributed by atoms with Crippen LogP contribution in [0.5, 0.6) is 0 Å². The molecule has 1 aromatic rings. The van der Waals surface area contributed by atoms with E-state index in [9.17, 15) is 0 Å². The van der Waals surface area contributed by atoms with Gasteiger partial charge in [0.1, 0.15) is 0 Å². The predicted octanol–water partition coefficient (Wildman–Crippen LogP) is 2.88. The van der Waals surface area contributed by atoms with Gasteiger partial charge in [0, 0.05) is 25.2 Å². The second-order valence-corrected chi connectivity index (χ2v) is 6.63. The summed E-state index contributed by atoms with van der Waals surface area (Å²) in [5.74, 6) is 0.809. The van der Waals surface area contributed by atoms with E-state index in [-0.39, 0.29) is 0 Å². The van der Waals surface area contributed by atoms with Crippen LogP contribution in [0.1, 0.15) is 36.3 Å². The standard InChI is InChI=1S/C17H26N2/c1-13-4-6-14(7-5-13)15-10-17(11-15)19-9-8-16(12-19)18(2)3/h4-7,15-17H,8-12H2,1-3H3/t15?,16-,17?/m1/s1. The Hall–Kier alpha value is -0.860. The third-order valence-corrected chi connectivity index (χ3v) is 5.10. The number of hydrogen-bond donors (Lipinski definition) is 0. The number of rotatable bonds is 3. The molecular formula is C17H26N2. The molecule has 0 spiro atoms. The largest absolute Gasteiger partial charge is 0.305 e. The van der Waals surface area contributed by atoms with Gasteiger partial charge in [0.2, 0.25) is 0 Å². The fourth-order valence-corrected chi connectivity index (χ4v) is 3.52. The SMILES string of the molecule is Cc1ccc(C2CC(N3CC[C@@H](N(C)C)C3)C2)cc1. The van der Waals surface area contributed by atoms with E-state index in [2.05, 4.69) is 55.1 Å². The van der Waals surface area contributed by atoms with Crippen LogP contribution in [-0.4, -0.2) is 49.1 Å². The van der Waals surface area contributed by atoms with Crippen LogP contribution < -0.4 is 0 Å². The van der Waals surface area contributed by atoms with Crippen LogP contribution in [0.2, 0.25) is 0 Å². The summed E-state index contributed by atoms with van der Waals surface area (Å²) in [4.78, 5) is 5.10. The van der Waals surface area contributed by atoms with Gasteiger partial charge in [-0.25, -0.2) is 0 Å². The van der Waals surface area contributed by atoms with Crippen molar-refractivity contribution in [2.75, 3.05) is 27.2 Å². The maximum Gasteiger partial charge on any atom is 0.0229 e. The molecule has 3 rings (SSSR count). The van der Waals surface area contributed by atoms with Crippen LogP contribution in [0.4, 0.5) is 0 Å². The van der Waals surface area contributed by atoms with Crippen molar-refractivity contribution in [3.8, 4) is 0 Å². The molecule has 2 nitrogen and oxygen atoms in total. The molecule has 104 valence electrons. The van der Waals surface area contributed by atoms with Crippen LogP contribution >= 0.6 is 0 Å². The van der Waals surface area contributed by atoms with Gasteiger partial charge in [-0.1, -0.05) is 29.8 Å². The van der Waals surface area contributed by atoms with E-state index in [1.807, 2.05) is 0 Å². The van der Waals surface area contributed by atoms with Crippen LogP contribution in [-0.2, 0) is 0 Å². The number of benzene rings is 1. The second kappa shape index (κ2) is 5.26. The maximum absolute atomic E-state index is 2.72. The lowest BCUT2D eigenvalue weighted by Gasteiger charge is -2.42. The Morgan fingerprint density at radius 1 is 1.11 bits per heavy atom. The Morgan fingerprint density at radius 3 is 2.37 bits per heavy atom. The molecule has 1 saturated carbocycles. The zero-order valence-corrected chi connectivity index (χ0v) is 12.5. The molecule has 1 aromatic carbocycles. The summed E-state index contributed by atoms with van der Waals surface area (Å²) in [5.41, 5.74) is 2.91. The minimum atomic E-state index is 0.776. The molecule has 2 aliphatic rings. The summed E-state index contributed by atoms with van der Waals surface area (Å²) in [5, 5.41) is 0. The fraction of sp³-hybridized carbons (Fsp3) is 0.647. The van der Waals surface area contributed by atoms with Crippen LogP contribution in [0.15, 0.2) is 24.3 Å². The molecule has 1 atom stereocenters. The third-order valence-electron chi connectivity index (χ3n) is 5.10. The molecule has 0 N–H and O–H groups in total. The quantitative estimate of drug-likeness (QED) is 0.822. The first-order valence-electron chi connectivity index (χ1n) is 7.60. The fourth-order valence-electron chi connectivity index (χ4n) is 3.52. The Labute approximate surface area is 117 Å². The van der Waals surface area contributed by atoms with E-state index in [1.165, 1.54) is 37.9 Å². The highest BCUT2D eigenvalue weighted by molar-refractivity contribution is 5.26. The van der Waals surface area contributed by atoms with Crippen molar-refractivity contribution in [2.45, 2.75) is 44.2 Å². The number of nitrogens with zero attached hydrogens (tertiary/aromatic N) is 2. The van der Waals surface area contributed by atoms with Crippen molar-refractivity contribution in [2.24, 2.45) is 0 Å². The summed E-state index contributed by atoms with van der Waals surface area (Å²) in [6.07, 6.45) is 4.07. The minimum Gasteiger partial charge on any atom is -0.305 e. The lowest BCUT2D eigenvalue weighted by molar-refractivity contribution is 0.127. The first kappa shape index (κ1) is 13.1. The zero-order chi connectivity index (χ0) is 13.4. The number of likely N-dealkylation sites (tertiary alicyclic amines) is 1. The summed E-state index contributed by atoms with van der Waals surface area (Å²) in [6, 6.07) is 10.8. The number of likely N-dealkylation sites (N-methyl/N-ethyl adjacent to an activating group) is 1.